The number of rotatable bonds is 1. The minimum atomic E-state index is 0.426. The number of piperidine rings is 1. The van der Waals surface area contributed by atoms with Crippen molar-refractivity contribution >= 4 is 0 Å². The first-order valence-corrected chi connectivity index (χ1v) is 7.00. The standard InChI is InChI=1S/C15H17N3O/c16-6-12-10-19-15-9-18(4-2-14(12)15)13-5-11-1-3-17(7-11)8-13/h2,4,9,11,13H,1,3,5,7-8,10H2/t11-,13-/m1/s1. The number of fused-ring (bicyclic) bond motifs is 3. The molecule has 0 aliphatic carbocycles. The van der Waals surface area contributed by atoms with Gasteiger partial charge >= 0.3 is 0 Å². The van der Waals surface area contributed by atoms with Gasteiger partial charge in [0.1, 0.15) is 12.4 Å². The fourth-order valence-corrected chi connectivity index (χ4v) is 3.65. The molecule has 0 saturated carbocycles. The Morgan fingerprint density at radius 3 is 3.16 bits per heavy atom. The topological polar surface area (TPSA) is 39.5 Å². The van der Waals surface area contributed by atoms with Crippen molar-refractivity contribution in [3.05, 3.63) is 35.4 Å². The van der Waals surface area contributed by atoms with Gasteiger partial charge in [0.05, 0.1) is 11.6 Å². The van der Waals surface area contributed by atoms with Gasteiger partial charge in [-0.2, -0.15) is 5.26 Å². The van der Waals surface area contributed by atoms with E-state index in [9.17, 15) is 0 Å². The Morgan fingerprint density at radius 2 is 2.32 bits per heavy atom. The van der Waals surface area contributed by atoms with E-state index in [2.05, 4.69) is 28.3 Å². The molecule has 2 bridgehead atoms. The smallest absolute Gasteiger partial charge is 0.144 e. The van der Waals surface area contributed by atoms with Gasteiger partial charge < -0.3 is 14.5 Å². The molecular weight excluding hydrogens is 238 g/mol. The highest BCUT2D eigenvalue weighted by molar-refractivity contribution is 5.51. The Balaban J connectivity index is 1.56. The predicted octanol–water partition coefficient (Wildman–Crippen LogP) is 1.60. The Morgan fingerprint density at radius 1 is 1.37 bits per heavy atom. The van der Waals surface area contributed by atoms with E-state index >= 15 is 0 Å². The SMILES string of the molecule is N#CC1=C2C=CN([C@@H]3C[C@H]4CCN(C4)C3)C=C2OC1. The van der Waals surface area contributed by atoms with Gasteiger partial charge in [0, 0.05) is 37.1 Å². The minimum Gasteiger partial charge on any atom is -0.486 e. The molecule has 0 aromatic heterocycles. The van der Waals surface area contributed by atoms with Crippen LogP contribution in [0.15, 0.2) is 35.4 Å². The van der Waals surface area contributed by atoms with Crippen LogP contribution in [0.25, 0.3) is 0 Å². The molecular formula is C15H17N3O. The summed E-state index contributed by atoms with van der Waals surface area (Å²) >= 11 is 0. The first-order valence-electron chi connectivity index (χ1n) is 7.00. The normalized spacial score (nSPS) is 35.8. The molecule has 2 saturated heterocycles. The Labute approximate surface area is 113 Å². The van der Waals surface area contributed by atoms with Crippen LogP contribution in [0.5, 0.6) is 0 Å². The van der Waals surface area contributed by atoms with Crippen LogP contribution in [0.4, 0.5) is 0 Å². The van der Waals surface area contributed by atoms with Crippen molar-refractivity contribution < 1.29 is 4.74 Å². The lowest BCUT2D eigenvalue weighted by Gasteiger charge is -2.37. The van der Waals surface area contributed by atoms with Gasteiger partial charge in [-0.15, -0.1) is 0 Å². The van der Waals surface area contributed by atoms with E-state index in [1.54, 1.807) is 0 Å². The second-order valence-corrected chi connectivity index (χ2v) is 5.85. The van der Waals surface area contributed by atoms with Gasteiger partial charge in [-0.05, 0) is 31.4 Å². The molecule has 19 heavy (non-hydrogen) atoms. The van der Waals surface area contributed by atoms with Gasteiger partial charge in [-0.3, -0.25) is 0 Å². The third-order valence-electron chi connectivity index (χ3n) is 4.64. The van der Waals surface area contributed by atoms with Crippen molar-refractivity contribution in [2.24, 2.45) is 5.92 Å². The fraction of sp³-hybridized carbons (Fsp3) is 0.533. The number of hydrogen-bond acceptors (Lipinski definition) is 4. The lowest BCUT2D eigenvalue weighted by atomic mass is 9.95. The highest BCUT2D eigenvalue weighted by Crippen LogP contribution is 2.34. The zero-order valence-electron chi connectivity index (χ0n) is 10.9. The second kappa shape index (κ2) is 4.14. The first kappa shape index (κ1) is 11.1. The van der Waals surface area contributed by atoms with Crippen LogP contribution in [0.1, 0.15) is 12.8 Å². The van der Waals surface area contributed by atoms with Crippen LogP contribution in [-0.4, -0.2) is 42.1 Å². The van der Waals surface area contributed by atoms with Gasteiger partial charge in [0.25, 0.3) is 0 Å². The molecule has 4 nitrogen and oxygen atoms in total. The molecule has 0 radical (unpaired) electrons. The van der Waals surface area contributed by atoms with E-state index in [0.29, 0.717) is 12.6 Å². The van der Waals surface area contributed by atoms with Gasteiger partial charge in [0.15, 0.2) is 0 Å². The maximum absolute atomic E-state index is 9.03. The van der Waals surface area contributed by atoms with Gasteiger partial charge in [-0.1, -0.05) is 0 Å². The molecule has 0 spiro atoms. The zero-order valence-corrected chi connectivity index (χ0v) is 10.9. The summed E-state index contributed by atoms with van der Waals surface area (Å²) in [4.78, 5) is 4.84. The van der Waals surface area contributed by atoms with Crippen molar-refractivity contribution in [1.82, 2.24) is 9.80 Å². The third-order valence-corrected chi connectivity index (χ3v) is 4.64. The first-order chi connectivity index (χ1) is 9.33. The number of allylic oxidation sites excluding steroid dienone is 1. The minimum absolute atomic E-state index is 0.426. The maximum Gasteiger partial charge on any atom is 0.144 e. The molecule has 98 valence electrons. The van der Waals surface area contributed by atoms with Crippen LogP contribution in [-0.2, 0) is 4.74 Å². The van der Waals surface area contributed by atoms with Crippen molar-refractivity contribution in [3.63, 3.8) is 0 Å². The van der Waals surface area contributed by atoms with E-state index in [1.807, 2.05) is 6.08 Å². The second-order valence-electron chi connectivity index (χ2n) is 5.85. The van der Waals surface area contributed by atoms with Crippen molar-refractivity contribution in [2.45, 2.75) is 18.9 Å². The molecule has 4 heterocycles. The molecule has 0 aromatic rings. The lowest BCUT2D eigenvalue weighted by Crippen LogP contribution is -2.43. The Kier molecular flexibility index (Phi) is 2.42. The molecule has 0 amide bonds. The Bertz CT molecular complexity index is 528. The molecule has 4 heteroatoms. The molecule has 1 unspecified atom stereocenters. The van der Waals surface area contributed by atoms with E-state index in [-0.39, 0.29) is 0 Å². The van der Waals surface area contributed by atoms with Crippen molar-refractivity contribution in [2.75, 3.05) is 26.2 Å². The van der Waals surface area contributed by atoms with Crippen LogP contribution in [0.2, 0.25) is 0 Å². The lowest BCUT2D eigenvalue weighted by molar-refractivity contribution is 0.167. The summed E-state index contributed by atoms with van der Waals surface area (Å²) in [5, 5.41) is 9.03. The summed E-state index contributed by atoms with van der Waals surface area (Å²) in [6.07, 6.45) is 8.85. The van der Waals surface area contributed by atoms with E-state index < -0.39 is 0 Å². The van der Waals surface area contributed by atoms with Crippen molar-refractivity contribution in [1.29, 1.82) is 5.26 Å². The van der Waals surface area contributed by atoms with Gasteiger partial charge in [0.2, 0.25) is 0 Å². The molecule has 0 N–H and O–H groups in total. The summed E-state index contributed by atoms with van der Waals surface area (Å²) in [7, 11) is 0. The van der Waals surface area contributed by atoms with Gasteiger partial charge in [-0.25, -0.2) is 0 Å². The largest absolute Gasteiger partial charge is 0.486 e. The van der Waals surface area contributed by atoms with Crippen LogP contribution >= 0.6 is 0 Å². The molecule has 4 aliphatic rings. The molecule has 4 aliphatic heterocycles. The predicted molar refractivity (Wildman–Crippen MR) is 70.6 cm³/mol. The maximum atomic E-state index is 9.03. The summed E-state index contributed by atoms with van der Waals surface area (Å²) in [6, 6.07) is 2.77. The summed E-state index contributed by atoms with van der Waals surface area (Å²) in [6.45, 7) is 4.12. The summed E-state index contributed by atoms with van der Waals surface area (Å²) in [5.41, 5.74) is 1.72. The van der Waals surface area contributed by atoms with Crippen LogP contribution in [0, 0.1) is 17.2 Å². The summed E-state index contributed by atoms with van der Waals surface area (Å²) in [5.74, 6) is 1.73. The van der Waals surface area contributed by atoms with Crippen LogP contribution in [0.3, 0.4) is 0 Å². The average molecular weight is 255 g/mol. The number of ether oxygens (including phenoxy) is 1. The zero-order chi connectivity index (χ0) is 12.8. The fourth-order valence-electron chi connectivity index (χ4n) is 3.65. The number of nitrogens with zero attached hydrogens (tertiary/aromatic N) is 3. The summed E-state index contributed by atoms with van der Waals surface area (Å²) < 4.78 is 5.61. The highest BCUT2D eigenvalue weighted by atomic mass is 16.5. The Hall–Kier alpha value is -1.73. The van der Waals surface area contributed by atoms with E-state index in [4.69, 9.17) is 10.00 Å². The highest BCUT2D eigenvalue weighted by Gasteiger charge is 2.35. The average Bonchev–Trinajstić information content (AvgIpc) is 3.01. The van der Waals surface area contributed by atoms with E-state index in [0.717, 1.165) is 29.4 Å². The molecule has 3 atom stereocenters. The van der Waals surface area contributed by atoms with Crippen molar-refractivity contribution in [3.8, 4) is 6.07 Å². The molecule has 2 fully saturated rings. The van der Waals surface area contributed by atoms with Crippen LogP contribution < -0.4 is 0 Å². The third kappa shape index (κ3) is 1.77. The van der Waals surface area contributed by atoms with E-state index in [1.165, 1.54) is 25.9 Å². The molecule has 0 aromatic carbocycles. The monoisotopic (exact) mass is 255 g/mol. The number of hydrogen-bond donors (Lipinski definition) is 0. The quantitative estimate of drug-likeness (QED) is 0.713. The molecule has 4 rings (SSSR count). The number of nitriles is 1.